The van der Waals surface area contributed by atoms with Gasteiger partial charge in [-0.1, -0.05) is 60.7 Å². The highest BCUT2D eigenvalue weighted by atomic mass is 16.2. The summed E-state index contributed by atoms with van der Waals surface area (Å²) >= 11 is 0. The predicted molar refractivity (Wildman–Crippen MR) is 137 cm³/mol. The van der Waals surface area contributed by atoms with Crippen molar-refractivity contribution >= 4 is 35.6 Å². The number of hydrogen-bond donors (Lipinski definition) is 4. The minimum absolute atomic E-state index is 0.105. The van der Waals surface area contributed by atoms with Crippen molar-refractivity contribution in [3.63, 3.8) is 0 Å². The zero-order chi connectivity index (χ0) is 24.2. The van der Waals surface area contributed by atoms with Crippen LogP contribution in [0, 0.1) is 13.8 Å². The fraction of sp³-hybridized carbons (Fsp3) is 0.154. The minimum atomic E-state index is -0.265. The van der Waals surface area contributed by atoms with Crippen LogP contribution in [0.5, 0.6) is 0 Å². The highest BCUT2D eigenvalue weighted by Crippen LogP contribution is 2.13. The third kappa shape index (κ3) is 7.59. The molecule has 8 nitrogen and oxygen atoms in total. The molecule has 3 aromatic rings. The Morgan fingerprint density at radius 3 is 1.44 bits per heavy atom. The number of carbonyl (C=O) groups excluding carboxylic acids is 2. The van der Waals surface area contributed by atoms with E-state index < -0.39 is 0 Å². The van der Waals surface area contributed by atoms with E-state index in [1.54, 1.807) is 0 Å². The summed E-state index contributed by atoms with van der Waals surface area (Å²) in [5.74, 6) is -0.530. The SMILES string of the molecule is Cc1ccccc1NCC(=O)N/N=C\c1ccccc1/C=N/NC(=O)CNc1ccccc1C. The Balaban J connectivity index is 1.47. The van der Waals surface area contributed by atoms with Gasteiger partial charge in [0.05, 0.1) is 25.5 Å². The third-order valence-electron chi connectivity index (χ3n) is 4.95. The van der Waals surface area contributed by atoms with Crippen LogP contribution in [-0.4, -0.2) is 37.3 Å². The monoisotopic (exact) mass is 456 g/mol. The Morgan fingerprint density at radius 2 is 1.03 bits per heavy atom. The molecule has 0 aromatic heterocycles. The van der Waals surface area contributed by atoms with Crippen LogP contribution in [0.25, 0.3) is 0 Å². The second-order valence-electron chi connectivity index (χ2n) is 7.55. The van der Waals surface area contributed by atoms with Crippen LogP contribution < -0.4 is 21.5 Å². The van der Waals surface area contributed by atoms with Crippen LogP contribution in [0.4, 0.5) is 11.4 Å². The highest BCUT2D eigenvalue weighted by Gasteiger charge is 2.03. The molecule has 0 unspecified atom stereocenters. The normalized spacial score (nSPS) is 10.9. The number of anilines is 2. The predicted octanol–water partition coefficient (Wildman–Crippen LogP) is 3.43. The van der Waals surface area contributed by atoms with Crippen LogP contribution in [0.15, 0.2) is 83.0 Å². The quantitative estimate of drug-likeness (QED) is 0.277. The molecule has 0 aliphatic heterocycles. The van der Waals surface area contributed by atoms with Gasteiger partial charge in [0.15, 0.2) is 0 Å². The molecule has 0 saturated carbocycles. The van der Waals surface area contributed by atoms with Crippen LogP contribution in [-0.2, 0) is 9.59 Å². The lowest BCUT2D eigenvalue weighted by atomic mass is 10.1. The van der Waals surface area contributed by atoms with Gasteiger partial charge in [0, 0.05) is 22.5 Å². The van der Waals surface area contributed by atoms with Crippen LogP contribution in [0.2, 0.25) is 0 Å². The summed E-state index contributed by atoms with van der Waals surface area (Å²) in [6.07, 6.45) is 3.07. The Labute approximate surface area is 199 Å². The first-order chi connectivity index (χ1) is 16.5. The maximum Gasteiger partial charge on any atom is 0.259 e. The summed E-state index contributed by atoms with van der Waals surface area (Å²) in [4.78, 5) is 24.1. The van der Waals surface area contributed by atoms with Gasteiger partial charge in [0.2, 0.25) is 0 Å². The van der Waals surface area contributed by atoms with Gasteiger partial charge in [-0.15, -0.1) is 0 Å². The van der Waals surface area contributed by atoms with Gasteiger partial charge in [0.1, 0.15) is 0 Å². The Kier molecular flexibility index (Phi) is 8.92. The van der Waals surface area contributed by atoms with E-state index in [1.807, 2.05) is 86.6 Å². The number of carbonyl (C=O) groups is 2. The lowest BCUT2D eigenvalue weighted by Gasteiger charge is -2.08. The van der Waals surface area contributed by atoms with Crippen molar-refractivity contribution in [1.29, 1.82) is 0 Å². The van der Waals surface area contributed by atoms with E-state index in [-0.39, 0.29) is 24.9 Å². The lowest BCUT2D eigenvalue weighted by molar-refractivity contribution is -0.120. The summed E-state index contributed by atoms with van der Waals surface area (Å²) in [5.41, 5.74) is 10.4. The van der Waals surface area contributed by atoms with Crippen molar-refractivity contribution in [2.45, 2.75) is 13.8 Å². The molecule has 3 rings (SSSR count). The summed E-state index contributed by atoms with van der Waals surface area (Å²) in [6, 6.07) is 22.9. The number of nitrogens with one attached hydrogen (secondary N) is 4. The number of rotatable bonds is 10. The van der Waals surface area contributed by atoms with Crippen LogP contribution in [0.1, 0.15) is 22.3 Å². The zero-order valence-corrected chi connectivity index (χ0v) is 19.2. The van der Waals surface area contributed by atoms with Gasteiger partial charge < -0.3 is 10.6 Å². The standard InChI is InChI=1S/C26H28N6O2/c1-19-9-3-7-13-23(19)27-17-25(33)31-29-15-21-11-5-6-12-22(21)16-30-32-26(34)18-28-24-14-8-4-10-20(24)2/h3-16,27-28H,17-18H2,1-2H3,(H,31,33)(H,32,34)/b29-15-,30-16+. The largest absolute Gasteiger partial charge is 0.376 e. The van der Waals surface area contributed by atoms with E-state index >= 15 is 0 Å². The van der Waals surface area contributed by atoms with Crippen molar-refractivity contribution in [3.05, 3.63) is 95.1 Å². The van der Waals surface area contributed by atoms with E-state index in [9.17, 15) is 9.59 Å². The van der Waals surface area contributed by atoms with Crippen molar-refractivity contribution in [1.82, 2.24) is 10.9 Å². The number of para-hydroxylation sites is 2. The molecule has 0 fully saturated rings. The minimum Gasteiger partial charge on any atom is -0.376 e. The molecule has 0 heterocycles. The molecular formula is C26H28N6O2. The van der Waals surface area contributed by atoms with Crippen molar-refractivity contribution in [3.8, 4) is 0 Å². The summed E-state index contributed by atoms with van der Waals surface area (Å²) in [5, 5.41) is 14.2. The van der Waals surface area contributed by atoms with Gasteiger partial charge in [-0.3, -0.25) is 9.59 Å². The molecule has 0 saturated heterocycles. The molecule has 0 bridgehead atoms. The molecule has 4 N–H and O–H groups in total. The van der Waals surface area contributed by atoms with Gasteiger partial charge in [-0.25, -0.2) is 10.9 Å². The fourth-order valence-electron chi connectivity index (χ4n) is 3.07. The second-order valence-corrected chi connectivity index (χ2v) is 7.55. The van der Waals surface area contributed by atoms with Gasteiger partial charge in [0.25, 0.3) is 11.8 Å². The van der Waals surface area contributed by atoms with Crippen LogP contribution >= 0.6 is 0 Å². The first-order valence-corrected chi connectivity index (χ1v) is 10.8. The summed E-state index contributed by atoms with van der Waals surface area (Å²) < 4.78 is 0. The number of benzene rings is 3. The smallest absolute Gasteiger partial charge is 0.259 e. The first kappa shape index (κ1) is 24.2. The molecule has 2 amide bonds. The first-order valence-electron chi connectivity index (χ1n) is 10.8. The van der Waals surface area contributed by atoms with E-state index in [2.05, 4.69) is 31.7 Å². The maximum atomic E-state index is 12.1. The summed E-state index contributed by atoms with van der Waals surface area (Å²) in [6.45, 7) is 4.15. The Bertz CT molecular complexity index is 1100. The van der Waals surface area contributed by atoms with Crippen LogP contribution in [0.3, 0.4) is 0 Å². The van der Waals surface area contributed by atoms with E-state index in [0.717, 1.165) is 33.6 Å². The third-order valence-corrected chi connectivity index (χ3v) is 4.95. The van der Waals surface area contributed by atoms with E-state index in [1.165, 1.54) is 12.4 Å². The van der Waals surface area contributed by atoms with Gasteiger partial charge >= 0.3 is 0 Å². The number of hydrazone groups is 2. The number of aryl methyl sites for hydroxylation is 2. The molecule has 0 radical (unpaired) electrons. The molecule has 8 heteroatoms. The number of hydrogen-bond acceptors (Lipinski definition) is 6. The van der Waals surface area contributed by atoms with Crippen molar-refractivity contribution in [2.75, 3.05) is 23.7 Å². The molecule has 0 spiro atoms. The second kappa shape index (κ2) is 12.5. The van der Waals surface area contributed by atoms with E-state index in [0.29, 0.717) is 0 Å². The number of nitrogens with zero attached hydrogens (tertiary/aromatic N) is 2. The zero-order valence-electron chi connectivity index (χ0n) is 19.2. The maximum absolute atomic E-state index is 12.1. The Morgan fingerprint density at radius 1 is 0.647 bits per heavy atom. The molecule has 0 aliphatic rings. The lowest BCUT2D eigenvalue weighted by Crippen LogP contribution is -2.26. The van der Waals surface area contributed by atoms with E-state index in [4.69, 9.17) is 0 Å². The summed E-state index contributed by atoms with van der Waals surface area (Å²) in [7, 11) is 0. The molecule has 34 heavy (non-hydrogen) atoms. The Hall–Kier alpha value is -4.46. The molecule has 3 aromatic carbocycles. The molecule has 174 valence electrons. The average Bonchev–Trinajstić information content (AvgIpc) is 2.84. The molecule has 0 atom stereocenters. The van der Waals surface area contributed by atoms with Crippen molar-refractivity contribution in [2.24, 2.45) is 10.2 Å². The highest BCUT2D eigenvalue weighted by molar-refractivity contribution is 5.95. The van der Waals surface area contributed by atoms with Gasteiger partial charge in [-0.05, 0) is 37.1 Å². The topological polar surface area (TPSA) is 107 Å². The molecular weight excluding hydrogens is 428 g/mol. The average molecular weight is 457 g/mol. The van der Waals surface area contributed by atoms with Crippen molar-refractivity contribution < 1.29 is 9.59 Å². The van der Waals surface area contributed by atoms with Gasteiger partial charge in [-0.2, -0.15) is 10.2 Å². The molecule has 0 aliphatic carbocycles. The fourth-order valence-corrected chi connectivity index (χ4v) is 3.07. The number of amides is 2.